The third-order valence-corrected chi connectivity index (χ3v) is 2.91. The van der Waals surface area contributed by atoms with E-state index in [0.29, 0.717) is 8.86 Å². The SMILES string of the molecule is CN(C)OC(=O)[C@H](OCCI)[C@@H](OCCI)C(=O)ON(C)C. The first-order valence-corrected chi connectivity index (χ1v) is 9.52. The summed E-state index contributed by atoms with van der Waals surface area (Å²) >= 11 is 4.21. The number of carbonyl (C=O) groups is 2. The number of alkyl halides is 2. The molecule has 0 saturated heterocycles. The summed E-state index contributed by atoms with van der Waals surface area (Å²) in [6.45, 7) is 0.570. The van der Waals surface area contributed by atoms with Gasteiger partial charge < -0.3 is 19.1 Å². The molecule has 0 unspecified atom stereocenters. The highest BCUT2D eigenvalue weighted by molar-refractivity contribution is 14.1. The predicted molar refractivity (Wildman–Crippen MR) is 96.8 cm³/mol. The minimum atomic E-state index is -1.19. The van der Waals surface area contributed by atoms with Gasteiger partial charge in [-0.2, -0.15) is 0 Å². The van der Waals surface area contributed by atoms with Crippen molar-refractivity contribution in [3.05, 3.63) is 0 Å². The first-order valence-electron chi connectivity index (χ1n) is 6.46. The summed E-state index contributed by atoms with van der Waals surface area (Å²) in [5.74, 6) is -1.41. The molecule has 130 valence electrons. The van der Waals surface area contributed by atoms with Gasteiger partial charge in [0.05, 0.1) is 13.2 Å². The van der Waals surface area contributed by atoms with Crippen LogP contribution in [0.25, 0.3) is 0 Å². The van der Waals surface area contributed by atoms with Gasteiger partial charge in [0.1, 0.15) is 0 Å². The smallest absolute Gasteiger partial charge is 0.357 e. The van der Waals surface area contributed by atoms with E-state index in [4.69, 9.17) is 19.1 Å². The molecule has 0 radical (unpaired) electrons. The van der Waals surface area contributed by atoms with E-state index < -0.39 is 24.1 Å². The van der Waals surface area contributed by atoms with E-state index >= 15 is 0 Å². The maximum Gasteiger partial charge on any atom is 0.357 e. The van der Waals surface area contributed by atoms with Crippen LogP contribution in [0.1, 0.15) is 0 Å². The zero-order valence-corrected chi connectivity index (χ0v) is 17.4. The zero-order chi connectivity index (χ0) is 17.1. The van der Waals surface area contributed by atoms with Crippen LogP contribution in [0.2, 0.25) is 0 Å². The molecule has 0 saturated carbocycles. The van der Waals surface area contributed by atoms with E-state index in [2.05, 4.69) is 45.2 Å². The summed E-state index contributed by atoms with van der Waals surface area (Å²) in [4.78, 5) is 34.3. The molecule has 2 atom stereocenters. The Labute approximate surface area is 157 Å². The van der Waals surface area contributed by atoms with Gasteiger partial charge in [-0.25, -0.2) is 9.59 Å². The number of hydrogen-bond donors (Lipinski definition) is 0. The Morgan fingerprint density at radius 2 is 1.14 bits per heavy atom. The summed E-state index contributed by atoms with van der Waals surface area (Å²) in [5.41, 5.74) is 0. The summed E-state index contributed by atoms with van der Waals surface area (Å²) in [6, 6.07) is 0. The second-order valence-electron chi connectivity index (χ2n) is 4.41. The lowest BCUT2D eigenvalue weighted by Crippen LogP contribution is -2.48. The number of halogens is 2. The van der Waals surface area contributed by atoms with Crippen molar-refractivity contribution in [1.29, 1.82) is 0 Å². The minimum Gasteiger partial charge on any atom is -0.366 e. The van der Waals surface area contributed by atoms with Crippen molar-refractivity contribution in [1.82, 2.24) is 10.1 Å². The molecule has 0 amide bonds. The van der Waals surface area contributed by atoms with Gasteiger partial charge in [0.2, 0.25) is 0 Å². The Bertz CT molecular complexity index is 312. The van der Waals surface area contributed by atoms with Crippen LogP contribution < -0.4 is 0 Å². The molecular weight excluding hydrogens is 522 g/mol. The lowest BCUT2D eigenvalue weighted by molar-refractivity contribution is -0.215. The molecule has 0 aromatic rings. The monoisotopic (exact) mass is 544 g/mol. The number of carbonyl (C=O) groups excluding carboxylic acids is 2. The summed E-state index contributed by atoms with van der Waals surface area (Å²) in [6.07, 6.45) is -2.37. The summed E-state index contributed by atoms with van der Waals surface area (Å²) in [5, 5.41) is 2.46. The van der Waals surface area contributed by atoms with Crippen LogP contribution in [-0.2, 0) is 28.7 Å². The Hall–Kier alpha value is 0.240. The average molecular weight is 544 g/mol. The molecule has 22 heavy (non-hydrogen) atoms. The third kappa shape index (κ3) is 9.39. The molecule has 0 aromatic carbocycles. The highest BCUT2D eigenvalue weighted by Crippen LogP contribution is 2.11. The van der Waals surface area contributed by atoms with Crippen LogP contribution in [0, 0.1) is 0 Å². The van der Waals surface area contributed by atoms with Crippen LogP contribution in [-0.4, -0.2) is 84.5 Å². The molecule has 0 aliphatic carbocycles. The van der Waals surface area contributed by atoms with Crippen LogP contribution in [0.5, 0.6) is 0 Å². The molecule has 0 fully saturated rings. The lowest BCUT2D eigenvalue weighted by Gasteiger charge is -2.25. The fourth-order valence-corrected chi connectivity index (χ4v) is 1.87. The average Bonchev–Trinajstić information content (AvgIpc) is 2.40. The number of hydroxylamine groups is 4. The van der Waals surface area contributed by atoms with Crippen molar-refractivity contribution in [3.8, 4) is 0 Å². The van der Waals surface area contributed by atoms with Crippen molar-refractivity contribution in [2.45, 2.75) is 12.2 Å². The fraction of sp³-hybridized carbons (Fsp3) is 0.833. The molecular formula is C12H22I2N2O6. The molecule has 8 nitrogen and oxygen atoms in total. The number of hydrogen-bond acceptors (Lipinski definition) is 8. The van der Waals surface area contributed by atoms with Gasteiger partial charge >= 0.3 is 11.9 Å². The molecule has 0 aromatic heterocycles. The van der Waals surface area contributed by atoms with Crippen molar-refractivity contribution >= 4 is 57.1 Å². The van der Waals surface area contributed by atoms with E-state index in [1.54, 1.807) is 28.2 Å². The highest BCUT2D eigenvalue weighted by atomic mass is 127. The van der Waals surface area contributed by atoms with E-state index in [9.17, 15) is 9.59 Å². The number of ether oxygens (including phenoxy) is 2. The lowest BCUT2D eigenvalue weighted by atomic mass is 10.2. The van der Waals surface area contributed by atoms with E-state index in [0.717, 1.165) is 0 Å². The standard InChI is InChI=1S/C12H22I2N2O6/c1-15(2)21-11(17)9(19-7-5-13)10(20-8-6-14)12(18)22-16(3)4/h9-10H,5-8H2,1-4H3/t9-,10-/m1/s1. The van der Waals surface area contributed by atoms with E-state index in [-0.39, 0.29) is 13.2 Å². The fourth-order valence-electron chi connectivity index (χ4n) is 1.36. The largest absolute Gasteiger partial charge is 0.366 e. The predicted octanol–water partition coefficient (Wildman–Crippen LogP) is 0.666. The van der Waals surface area contributed by atoms with Gasteiger partial charge in [-0.1, -0.05) is 45.2 Å². The van der Waals surface area contributed by atoms with Crippen LogP contribution in [0.15, 0.2) is 0 Å². The molecule has 0 bridgehead atoms. The van der Waals surface area contributed by atoms with Gasteiger partial charge in [-0.05, 0) is 0 Å². The quantitative estimate of drug-likeness (QED) is 0.214. The third-order valence-electron chi connectivity index (χ3n) is 2.03. The Kier molecular flexibility index (Phi) is 12.8. The highest BCUT2D eigenvalue weighted by Gasteiger charge is 2.39. The van der Waals surface area contributed by atoms with Crippen molar-refractivity contribution in [2.24, 2.45) is 0 Å². The van der Waals surface area contributed by atoms with Crippen LogP contribution in [0.3, 0.4) is 0 Å². The number of rotatable bonds is 11. The normalized spacial score (nSPS) is 14.0. The summed E-state index contributed by atoms with van der Waals surface area (Å²) in [7, 11) is 6.25. The van der Waals surface area contributed by atoms with Crippen molar-refractivity contribution in [2.75, 3.05) is 50.3 Å². The molecule has 0 aliphatic heterocycles. The van der Waals surface area contributed by atoms with Crippen molar-refractivity contribution < 1.29 is 28.7 Å². The Morgan fingerprint density at radius 1 is 0.818 bits per heavy atom. The van der Waals surface area contributed by atoms with Gasteiger partial charge in [0, 0.05) is 37.0 Å². The van der Waals surface area contributed by atoms with Gasteiger partial charge in [-0.3, -0.25) is 0 Å². The molecule has 0 aliphatic rings. The minimum absolute atomic E-state index is 0.285. The topological polar surface area (TPSA) is 77.5 Å². The Morgan fingerprint density at radius 3 is 1.36 bits per heavy atom. The maximum absolute atomic E-state index is 12.2. The molecule has 0 N–H and O–H groups in total. The number of nitrogens with zero attached hydrogens (tertiary/aromatic N) is 2. The van der Waals surface area contributed by atoms with Crippen LogP contribution >= 0.6 is 45.2 Å². The second kappa shape index (κ2) is 12.6. The van der Waals surface area contributed by atoms with Gasteiger partial charge in [-0.15, -0.1) is 10.1 Å². The van der Waals surface area contributed by atoms with E-state index in [1.165, 1.54) is 10.1 Å². The first-order chi connectivity index (χ1) is 10.3. The molecule has 0 heterocycles. The van der Waals surface area contributed by atoms with E-state index in [1.807, 2.05) is 0 Å². The Balaban J connectivity index is 5.13. The summed E-state index contributed by atoms with van der Waals surface area (Å²) < 4.78 is 12.2. The molecule has 0 spiro atoms. The zero-order valence-electron chi connectivity index (χ0n) is 13.1. The van der Waals surface area contributed by atoms with Crippen LogP contribution in [0.4, 0.5) is 0 Å². The molecule has 0 rings (SSSR count). The van der Waals surface area contributed by atoms with Crippen molar-refractivity contribution in [3.63, 3.8) is 0 Å². The van der Waals surface area contributed by atoms with Gasteiger partial charge in [0.15, 0.2) is 12.2 Å². The maximum atomic E-state index is 12.2. The first kappa shape index (κ1) is 22.2. The molecule has 10 heteroatoms. The second-order valence-corrected chi connectivity index (χ2v) is 6.56. The van der Waals surface area contributed by atoms with Gasteiger partial charge in [0.25, 0.3) is 0 Å².